The van der Waals surface area contributed by atoms with Crippen molar-refractivity contribution in [3.8, 4) is 11.4 Å². The molecule has 6 heteroatoms. The first-order valence-corrected chi connectivity index (χ1v) is 9.22. The normalized spacial score (nSPS) is 10.8. The maximum Gasteiger partial charge on any atom is 0.345 e. The summed E-state index contributed by atoms with van der Waals surface area (Å²) in [5.74, 6) is 0. The standard InChI is InChI=1S/C23H19N3O3/c1-16-14-20(13-12-18(16)15-17-8-4-2-5-9-17)26-22(28)24-21(27)25(23(26)29)19-10-6-3-7-11-19/h2-14H,15H2,1H3,(H,24,27,28). The second-order valence-corrected chi connectivity index (χ2v) is 6.80. The molecule has 1 N–H and O–H groups in total. The summed E-state index contributed by atoms with van der Waals surface area (Å²) < 4.78 is 1.93. The molecule has 1 aromatic heterocycles. The van der Waals surface area contributed by atoms with Crippen molar-refractivity contribution >= 4 is 0 Å². The lowest BCUT2D eigenvalue weighted by atomic mass is 10.00. The molecule has 0 bridgehead atoms. The fraction of sp³-hybridized carbons (Fsp3) is 0.0870. The smallest absolute Gasteiger partial charge is 0.258 e. The molecule has 6 nitrogen and oxygen atoms in total. The average molecular weight is 385 g/mol. The van der Waals surface area contributed by atoms with Crippen LogP contribution in [0.4, 0.5) is 0 Å². The minimum atomic E-state index is -0.764. The first-order valence-electron chi connectivity index (χ1n) is 9.22. The summed E-state index contributed by atoms with van der Waals surface area (Å²) in [5, 5.41) is 0. The van der Waals surface area contributed by atoms with Crippen LogP contribution in [0.3, 0.4) is 0 Å². The van der Waals surface area contributed by atoms with E-state index in [2.05, 4.69) is 17.1 Å². The van der Waals surface area contributed by atoms with Gasteiger partial charge in [-0.15, -0.1) is 0 Å². The Kier molecular flexibility index (Phi) is 4.83. The first-order chi connectivity index (χ1) is 14.0. The maximum absolute atomic E-state index is 13.0. The van der Waals surface area contributed by atoms with Gasteiger partial charge in [0.25, 0.3) is 0 Å². The van der Waals surface area contributed by atoms with Crippen molar-refractivity contribution in [2.75, 3.05) is 0 Å². The Morgan fingerprint density at radius 2 is 1.31 bits per heavy atom. The number of H-pyrrole nitrogens is 1. The van der Waals surface area contributed by atoms with E-state index in [9.17, 15) is 14.4 Å². The number of para-hydroxylation sites is 1. The monoisotopic (exact) mass is 385 g/mol. The van der Waals surface area contributed by atoms with Crippen LogP contribution in [0.5, 0.6) is 0 Å². The van der Waals surface area contributed by atoms with E-state index in [-0.39, 0.29) is 0 Å². The Balaban J connectivity index is 1.81. The van der Waals surface area contributed by atoms with Crippen LogP contribution in [-0.4, -0.2) is 14.1 Å². The molecule has 144 valence electrons. The molecule has 4 aromatic rings. The van der Waals surface area contributed by atoms with E-state index in [4.69, 9.17) is 0 Å². The Hall–Kier alpha value is -3.93. The number of nitrogens with zero attached hydrogens (tertiary/aromatic N) is 2. The number of rotatable bonds is 4. The summed E-state index contributed by atoms with van der Waals surface area (Å²) in [6, 6.07) is 24.0. The second kappa shape index (κ2) is 7.59. The molecule has 1 heterocycles. The van der Waals surface area contributed by atoms with E-state index in [0.29, 0.717) is 11.4 Å². The molecule has 29 heavy (non-hydrogen) atoms. The van der Waals surface area contributed by atoms with Gasteiger partial charge in [-0.1, -0.05) is 54.6 Å². The predicted octanol–water partition coefficient (Wildman–Crippen LogP) is 2.58. The number of nitrogens with one attached hydrogen (secondary N) is 1. The van der Waals surface area contributed by atoms with Gasteiger partial charge in [0.05, 0.1) is 11.4 Å². The van der Waals surface area contributed by atoms with E-state index in [0.717, 1.165) is 26.7 Å². The molecule has 0 spiro atoms. The summed E-state index contributed by atoms with van der Waals surface area (Å²) in [4.78, 5) is 39.9. The number of aromatic nitrogens is 3. The Morgan fingerprint density at radius 3 is 1.93 bits per heavy atom. The van der Waals surface area contributed by atoms with Crippen molar-refractivity contribution in [3.05, 3.63) is 127 Å². The molecular formula is C23H19N3O3. The average Bonchev–Trinajstić information content (AvgIpc) is 2.71. The van der Waals surface area contributed by atoms with Crippen molar-refractivity contribution in [2.45, 2.75) is 13.3 Å². The van der Waals surface area contributed by atoms with Gasteiger partial charge in [-0.05, 0) is 54.3 Å². The van der Waals surface area contributed by atoms with Crippen molar-refractivity contribution in [3.63, 3.8) is 0 Å². The van der Waals surface area contributed by atoms with Crippen molar-refractivity contribution < 1.29 is 0 Å². The van der Waals surface area contributed by atoms with Crippen LogP contribution in [0.1, 0.15) is 16.7 Å². The zero-order valence-corrected chi connectivity index (χ0v) is 15.8. The minimum Gasteiger partial charge on any atom is -0.258 e. The van der Waals surface area contributed by atoms with Gasteiger partial charge in [-0.2, -0.15) is 0 Å². The highest BCUT2D eigenvalue weighted by Crippen LogP contribution is 2.17. The van der Waals surface area contributed by atoms with Crippen LogP contribution in [0, 0.1) is 6.92 Å². The molecule has 0 aliphatic rings. The topological polar surface area (TPSA) is 76.9 Å². The van der Waals surface area contributed by atoms with Crippen molar-refractivity contribution in [2.24, 2.45) is 0 Å². The highest BCUT2D eigenvalue weighted by atomic mass is 16.2. The SMILES string of the molecule is Cc1cc(-n2c(=O)[nH]c(=O)n(-c3ccccc3)c2=O)ccc1Cc1ccccc1. The first kappa shape index (κ1) is 18.4. The van der Waals surface area contributed by atoms with E-state index < -0.39 is 17.1 Å². The molecule has 0 atom stereocenters. The Labute approximate surface area is 166 Å². The van der Waals surface area contributed by atoms with Crippen LogP contribution in [-0.2, 0) is 6.42 Å². The van der Waals surface area contributed by atoms with Crippen molar-refractivity contribution in [1.29, 1.82) is 0 Å². The molecule has 0 aliphatic carbocycles. The summed E-state index contributed by atoms with van der Waals surface area (Å²) in [5.41, 5.74) is 1.80. The zero-order chi connectivity index (χ0) is 20.4. The van der Waals surface area contributed by atoms with E-state index in [1.807, 2.05) is 31.2 Å². The van der Waals surface area contributed by atoms with Gasteiger partial charge in [0.1, 0.15) is 0 Å². The Morgan fingerprint density at radius 1 is 0.724 bits per heavy atom. The molecule has 0 unspecified atom stereocenters. The lowest BCUT2D eigenvalue weighted by Gasteiger charge is -2.12. The molecule has 0 fully saturated rings. The van der Waals surface area contributed by atoms with Crippen LogP contribution in [0.2, 0.25) is 0 Å². The van der Waals surface area contributed by atoms with Crippen LogP contribution < -0.4 is 17.1 Å². The highest BCUT2D eigenvalue weighted by molar-refractivity contribution is 5.42. The molecule has 0 radical (unpaired) electrons. The van der Waals surface area contributed by atoms with Crippen LogP contribution >= 0.6 is 0 Å². The fourth-order valence-corrected chi connectivity index (χ4v) is 3.34. The number of hydrogen-bond acceptors (Lipinski definition) is 3. The molecule has 0 aliphatic heterocycles. The number of aryl methyl sites for hydroxylation is 1. The van der Waals surface area contributed by atoms with Gasteiger partial charge >= 0.3 is 17.1 Å². The summed E-state index contributed by atoms with van der Waals surface area (Å²) in [6.07, 6.45) is 0.752. The molecule has 0 amide bonds. The number of aromatic amines is 1. The maximum atomic E-state index is 13.0. The molecule has 0 saturated carbocycles. The zero-order valence-electron chi connectivity index (χ0n) is 15.8. The predicted molar refractivity (Wildman–Crippen MR) is 112 cm³/mol. The molecular weight excluding hydrogens is 366 g/mol. The third-order valence-corrected chi connectivity index (χ3v) is 4.84. The minimum absolute atomic E-state index is 0.393. The van der Waals surface area contributed by atoms with E-state index in [1.165, 1.54) is 5.56 Å². The molecule has 3 aromatic carbocycles. The number of hydrogen-bond donors (Lipinski definition) is 1. The van der Waals surface area contributed by atoms with E-state index >= 15 is 0 Å². The summed E-state index contributed by atoms with van der Waals surface area (Å²) in [7, 11) is 0. The lowest BCUT2D eigenvalue weighted by molar-refractivity contribution is 0.714. The third-order valence-electron chi connectivity index (χ3n) is 4.84. The largest absolute Gasteiger partial charge is 0.345 e. The molecule has 0 saturated heterocycles. The Bertz CT molecular complexity index is 1330. The summed E-state index contributed by atoms with van der Waals surface area (Å²) >= 11 is 0. The van der Waals surface area contributed by atoms with Gasteiger partial charge in [-0.25, -0.2) is 23.5 Å². The van der Waals surface area contributed by atoms with Gasteiger partial charge < -0.3 is 0 Å². The van der Waals surface area contributed by atoms with Crippen molar-refractivity contribution in [1.82, 2.24) is 14.1 Å². The van der Waals surface area contributed by atoms with Crippen LogP contribution in [0.15, 0.2) is 93.2 Å². The quantitative estimate of drug-likeness (QED) is 0.587. The number of benzene rings is 3. The molecule has 4 rings (SSSR count). The van der Waals surface area contributed by atoms with E-state index in [1.54, 1.807) is 42.5 Å². The fourth-order valence-electron chi connectivity index (χ4n) is 3.34. The van der Waals surface area contributed by atoms with Gasteiger partial charge in [0.15, 0.2) is 0 Å². The summed E-state index contributed by atoms with van der Waals surface area (Å²) in [6.45, 7) is 1.94. The highest BCUT2D eigenvalue weighted by Gasteiger charge is 2.14. The van der Waals surface area contributed by atoms with Crippen LogP contribution in [0.25, 0.3) is 11.4 Å². The lowest BCUT2D eigenvalue weighted by Crippen LogP contribution is -2.48. The van der Waals surface area contributed by atoms with Gasteiger partial charge in [-0.3, -0.25) is 4.98 Å². The third kappa shape index (κ3) is 3.60. The van der Waals surface area contributed by atoms with Gasteiger partial charge in [0.2, 0.25) is 0 Å². The second-order valence-electron chi connectivity index (χ2n) is 6.80. The van der Waals surface area contributed by atoms with Gasteiger partial charge in [0, 0.05) is 0 Å².